The van der Waals surface area contributed by atoms with Crippen molar-refractivity contribution in [3.63, 3.8) is 0 Å². The van der Waals surface area contributed by atoms with Gasteiger partial charge in [-0.05, 0) is 6.92 Å². The van der Waals surface area contributed by atoms with Gasteiger partial charge in [-0.15, -0.1) is 5.10 Å². The van der Waals surface area contributed by atoms with Crippen LogP contribution in [-0.2, 0) is 11.3 Å². The first-order chi connectivity index (χ1) is 6.65. The second-order valence-corrected chi connectivity index (χ2v) is 3.25. The van der Waals surface area contributed by atoms with E-state index in [4.69, 9.17) is 10.5 Å². The molecule has 0 aliphatic rings. The highest BCUT2D eigenvalue weighted by molar-refractivity contribution is 5.01. The normalized spacial score (nSPS) is 15.4. The van der Waals surface area contributed by atoms with E-state index in [1.807, 2.05) is 0 Å². The maximum Gasteiger partial charge on any atom is 0.0779 e. The molecule has 1 aromatic heterocycles. The lowest BCUT2D eigenvalue weighted by Crippen LogP contribution is -2.23. The summed E-state index contributed by atoms with van der Waals surface area (Å²) >= 11 is 0. The van der Waals surface area contributed by atoms with Crippen LogP contribution in [0.15, 0.2) is 6.20 Å². The summed E-state index contributed by atoms with van der Waals surface area (Å²) in [7, 11) is 1.59. The van der Waals surface area contributed by atoms with Crippen LogP contribution in [0.4, 0.5) is 0 Å². The van der Waals surface area contributed by atoms with E-state index in [0.29, 0.717) is 13.2 Å². The van der Waals surface area contributed by atoms with Gasteiger partial charge in [-0.25, -0.2) is 4.68 Å². The van der Waals surface area contributed by atoms with E-state index in [1.54, 1.807) is 24.9 Å². The van der Waals surface area contributed by atoms with Gasteiger partial charge in [0.2, 0.25) is 0 Å². The lowest BCUT2D eigenvalue weighted by molar-refractivity contribution is 0.157. The van der Waals surface area contributed by atoms with Crippen molar-refractivity contribution in [1.29, 1.82) is 0 Å². The van der Waals surface area contributed by atoms with Crippen LogP contribution in [0, 0.1) is 0 Å². The lowest BCUT2D eigenvalue weighted by Gasteiger charge is -2.13. The van der Waals surface area contributed by atoms with Crippen LogP contribution >= 0.6 is 0 Å². The van der Waals surface area contributed by atoms with Crippen molar-refractivity contribution in [2.24, 2.45) is 5.73 Å². The second-order valence-electron chi connectivity index (χ2n) is 3.25. The first kappa shape index (κ1) is 11.1. The molecule has 0 spiro atoms. The predicted molar refractivity (Wildman–Crippen MR) is 50.5 cm³/mol. The molecule has 0 saturated heterocycles. The van der Waals surface area contributed by atoms with E-state index < -0.39 is 6.10 Å². The number of hydrogen-bond acceptors (Lipinski definition) is 5. The Morgan fingerprint density at radius 2 is 2.43 bits per heavy atom. The summed E-state index contributed by atoms with van der Waals surface area (Å²) in [5.41, 5.74) is 6.59. The van der Waals surface area contributed by atoms with Crippen LogP contribution < -0.4 is 5.73 Å². The fourth-order valence-electron chi connectivity index (χ4n) is 1.21. The van der Waals surface area contributed by atoms with E-state index in [2.05, 4.69) is 10.3 Å². The molecular weight excluding hydrogens is 184 g/mol. The molecular formula is C8H16N4O2. The van der Waals surface area contributed by atoms with Gasteiger partial charge >= 0.3 is 0 Å². The Kier molecular flexibility index (Phi) is 3.99. The molecule has 1 heterocycles. The van der Waals surface area contributed by atoms with Crippen LogP contribution in [0.1, 0.15) is 18.7 Å². The van der Waals surface area contributed by atoms with Gasteiger partial charge in [-0.2, -0.15) is 0 Å². The monoisotopic (exact) mass is 200 g/mol. The van der Waals surface area contributed by atoms with Crippen LogP contribution in [-0.4, -0.2) is 39.9 Å². The minimum atomic E-state index is -0.467. The van der Waals surface area contributed by atoms with E-state index in [-0.39, 0.29) is 6.04 Å². The van der Waals surface area contributed by atoms with Crippen LogP contribution in [0.25, 0.3) is 0 Å². The van der Waals surface area contributed by atoms with Gasteiger partial charge in [0.25, 0.3) is 0 Å². The lowest BCUT2D eigenvalue weighted by atomic mass is 10.2. The van der Waals surface area contributed by atoms with Crippen molar-refractivity contribution >= 4 is 0 Å². The van der Waals surface area contributed by atoms with E-state index >= 15 is 0 Å². The fraction of sp³-hybridized carbons (Fsp3) is 0.750. The maximum absolute atomic E-state index is 9.20. The topological polar surface area (TPSA) is 86.2 Å². The second kappa shape index (κ2) is 5.04. The summed E-state index contributed by atoms with van der Waals surface area (Å²) in [6.45, 7) is 2.49. The zero-order chi connectivity index (χ0) is 10.6. The maximum atomic E-state index is 9.20. The van der Waals surface area contributed by atoms with E-state index in [9.17, 15) is 5.11 Å². The predicted octanol–water partition coefficient (Wildman–Crippen LogP) is -0.695. The molecule has 1 aromatic rings. The number of hydrogen-bond donors (Lipinski definition) is 2. The minimum Gasteiger partial charge on any atom is -0.391 e. The molecule has 0 aromatic carbocycles. The highest BCUT2D eigenvalue weighted by Crippen LogP contribution is 2.08. The Hall–Kier alpha value is -0.980. The molecule has 0 fully saturated rings. The highest BCUT2D eigenvalue weighted by Gasteiger charge is 2.13. The third-order valence-corrected chi connectivity index (χ3v) is 1.81. The average molecular weight is 200 g/mol. The molecule has 80 valence electrons. The summed E-state index contributed by atoms with van der Waals surface area (Å²) in [6, 6.07) is -0.256. The number of aliphatic hydroxyl groups is 1. The van der Waals surface area contributed by atoms with Gasteiger partial charge in [-0.3, -0.25) is 0 Å². The summed E-state index contributed by atoms with van der Waals surface area (Å²) in [6.07, 6.45) is 1.12. The van der Waals surface area contributed by atoms with Gasteiger partial charge in [0.1, 0.15) is 0 Å². The molecule has 1 unspecified atom stereocenters. The number of aromatic nitrogens is 3. The van der Waals surface area contributed by atoms with Crippen LogP contribution in [0.2, 0.25) is 0 Å². The van der Waals surface area contributed by atoms with E-state index in [1.165, 1.54) is 0 Å². The highest BCUT2D eigenvalue weighted by atomic mass is 16.5. The summed E-state index contributed by atoms with van der Waals surface area (Å²) in [5, 5.41) is 16.8. The Balaban J connectivity index is 2.70. The molecule has 1 rings (SSSR count). The molecule has 2 atom stereocenters. The Bertz CT molecular complexity index is 274. The van der Waals surface area contributed by atoms with Crippen molar-refractivity contribution in [1.82, 2.24) is 15.0 Å². The van der Waals surface area contributed by atoms with Gasteiger partial charge in [0.15, 0.2) is 0 Å². The van der Waals surface area contributed by atoms with Gasteiger partial charge in [0.05, 0.1) is 37.2 Å². The van der Waals surface area contributed by atoms with Gasteiger partial charge in [0, 0.05) is 7.11 Å². The van der Waals surface area contributed by atoms with Crippen LogP contribution in [0.5, 0.6) is 0 Å². The standard InChI is InChI=1S/C8H16N4O2/c1-6(13)4-12-8(3-10-11-12)7(9)5-14-2/h3,6-7,13H,4-5,9H2,1-2H3/t6?,7-/m1/s1. The van der Waals surface area contributed by atoms with Crippen molar-refractivity contribution in [2.75, 3.05) is 13.7 Å². The molecule has 0 amide bonds. The van der Waals surface area contributed by atoms with Crippen LogP contribution in [0.3, 0.4) is 0 Å². The molecule has 0 saturated carbocycles. The van der Waals surface area contributed by atoms with E-state index in [0.717, 1.165) is 5.69 Å². The number of methoxy groups -OCH3 is 1. The Morgan fingerprint density at radius 1 is 1.71 bits per heavy atom. The van der Waals surface area contributed by atoms with Crippen molar-refractivity contribution in [3.8, 4) is 0 Å². The van der Waals surface area contributed by atoms with Crippen molar-refractivity contribution in [3.05, 3.63) is 11.9 Å². The fourth-order valence-corrected chi connectivity index (χ4v) is 1.21. The molecule has 14 heavy (non-hydrogen) atoms. The Labute approximate surface area is 82.7 Å². The van der Waals surface area contributed by atoms with Gasteiger partial charge < -0.3 is 15.6 Å². The first-order valence-corrected chi connectivity index (χ1v) is 4.46. The summed E-state index contributed by atoms with van der Waals surface area (Å²) in [5.74, 6) is 0. The molecule has 3 N–H and O–H groups in total. The number of ether oxygens (including phenoxy) is 1. The third-order valence-electron chi connectivity index (χ3n) is 1.81. The molecule has 6 heteroatoms. The molecule has 6 nitrogen and oxygen atoms in total. The van der Waals surface area contributed by atoms with Crippen molar-refractivity contribution < 1.29 is 9.84 Å². The zero-order valence-corrected chi connectivity index (χ0v) is 8.42. The number of nitrogens with two attached hydrogens (primary N) is 1. The number of rotatable bonds is 5. The minimum absolute atomic E-state index is 0.256. The zero-order valence-electron chi connectivity index (χ0n) is 8.42. The average Bonchev–Trinajstić information content (AvgIpc) is 2.51. The Morgan fingerprint density at radius 3 is 3.00 bits per heavy atom. The number of nitrogens with zero attached hydrogens (tertiary/aromatic N) is 3. The SMILES string of the molecule is COC[C@@H](N)c1cnnn1CC(C)O. The molecule has 0 bridgehead atoms. The smallest absolute Gasteiger partial charge is 0.0779 e. The molecule has 0 aliphatic carbocycles. The van der Waals surface area contributed by atoms with Crippen molar-refractivity contribution in [2.45, 2.75) is 25.6 Å². The summed E-state index contributed by atoms with van der Waals surface area (Å²) < 4.78 is 6.52. The summed E-state index contributed by atoms with van der Waals surface area (Å²) in [4.78, 5) is 0. The third kappa shape index (κ3) is 2.76. The van der Waals surface area contributed by atoms with Gasteiger partial charge in [-0.1, -0.05) is 5.21 Å². The first-order valence-electron chi connectivity index (χ1n) is 4.46. The largest absolute Gasteiger partial charge is 0.391 e. The quantitative estimate of drug-likeness (QED) is 0.656. The molecule has 0 radical (unpaired) electrons. The number of aliphatic hydroxyl groups excluding tert-OH is 1. The molecule has 0 aliphatic heterocycles.